The largest absolute Gasteiger partial charge is 0.497 e. The van der Waals surface area contributed by atoms with E-state index >= 15 is 0 Å². The van der Waals surface area contributed by atoms with Crippen molar-refractivity contribution < 1.29 is 22.3 Å². The van der Waals surface area contributed by atoms with Crippen molar-refractivity contribution in [2.24, 2.45) is 16.1 Å². The zero-order valence-electron chi connectivity index (χ0n) is 22.1. The van der Waals surface area contributed by atoms with Gasteiger partial charge in [0.05, 0.1) is 18.5 Å². The number of nitrogens with one attached hydrogen (secondary N) is 1. The van der Waals surface area contributed by atoms with Crippen LogP contribution in [0.1, 0.15) is 36.9 Å². The Bertz CT molecular complexity index is 1440. The molecule has 4 rings (SSSR count). The molecule has 1 heterocycles. The summed E-state index contributed by atoms with van der Waals surface area (Å²) in [6, 6.07) is 11.4. The van der Waals surface area contributed by atoms with Gasteiger partial charge in [0.2, 0.25) is 0 Å². The molecule has 0 radical (unpaired) electrons. The number of aromatic nitrogens is 1. The zero-order valence-corrected chi connectivity index (χ0v) is 23.0. The van der Waals surface area contributed by atoms with Gasteiger partial charge in [0, 0.05) is 35.8 Å². The Kier molecular flexibility index (Phi) is 9.32. The molecular formula is C30H30F4N4OS. The van der Waals surface area contributed by atoms with Crippen LogP contribution in [0.4, 0.5) is 23.2 Å². The highest BCUT2D eigenvalue weighted by Gasteiger charge is 2.45. The maximum absolute atomic E-state index is 14.4. The molecule has 2 unspecified atom stereocenters. The highest BCUT2D eigenvalue weighted by molar-refractivity contribution is 7.78. The van der Waals surface area contributed by atoms with Crippen molar-refractivity contribution >= 4 is 24.2 Å². The van der Waals surface area contributed by atoms with Gasteiger partial charge in [-0.05, 0) is 85.1 Å². The lowest BCUT2D eigenvalue weighted by atomic mass is 9.59. The third kappa shape index (κ3) is 6.23. The van der Waals surface area contributed by atoms with Gasteiger partial charge in [0.25, 0.3) is 0 Å². The number of methoxy groups -OCH3 is 1. The molecule has 3 N–H and O–H groups in total. The van der Waals surface area contributed by atoms with Gasteiger partial charge in [-0.15, -0.1) is 0 Å². The maximum atomic E-state index is 14.4. The fourth-order valence-electron chi connectivity index (χ4n) is 5.27. The predicted octanol–water partition coefficient (Wildman–Crippen LogP) is 6.75. The van der Waals surface area contributed by atoms with Gasteiger partial charge < -0.3 is 10.5 Å². The smallest absolute Gasteiger partial charge is 0.194 e. The minimum Gasteiger partial charge on any atom is -0.497 e. The standard InChI is InChI=1S/C30H30F4N4OS/c1-18(27-14-24(39-2)8-9-36-27)30(15-19-11-25(32)29(34)26(33)12-19)16-20(17-35)28(13-21(30)7-10-37-40)38-23-5-3-22(31)4-6-23/h3-6,8-9,11-14,17-18,37,40H,7,10,15-16,35H2,1-2H3. The molecule has 0 saturated carbocycles. The molecule has 1 aliphatic rings. The number of aliphatic imine (C=N–C) groups is 1. The van der Waals surface area contributed by atoms with Crippen LogP contribution in [0.3, 0.4) is 0 Å². The van der Waals surface area contributed by atoms with Crippen molar-refractivity contribution in [3.63, 3.8) is 0 Å². The van der Waals surface area contributed by atoms with E-state index in [1.165, 1.54) is 18.3 Å². The first-order valence-corrected chi connectivity index (χ1v) is 13.1. The van der Waals surface area contributed by atoms with Gasteiger partial charge >= 0.3 is 0 Å². The first-order valence-electron chi connectivity index (χ1n) is 12.7. The minimum atomic E-state index is -1.52. The number of rotatable bonds is 9. The van der Waals surface area contributed by atoms with E-state index in [0.717, 1.165) is 17.7 Å². The van der Waals surface area contributed by atoms with Crippen LogP contribution < -0.4 is 15.2 Å². The number of hydrogen-bond acceptors (Lipinski definition) is 6. The Morgan fingerprint density at radius 1 is 1.12 bits per heavy atom. The van der Waals surface area contributed by atoms with E-state index in [2.05, 4.69) is 22.5 Å². The summed E-state index contributed by atoms with van der Waals surface area (Å²) in [6.45, 7) is 2.46. The van der Waals surface area contributed by atoms with Gasteiger partial charge in [-0.3, -0.25) is 9.71 Å². The Hall–Kier alpha value is -3.63. The van der Waals surface area contributed by atoms with E-state index in [-0.39, 0.29) is 23.7 Å². The third-order valence-electron chi connectivity index (χ3n) is 7.39. The molecule has 0 fully saturated rings. The highest BCUT2D eigenvalue weighted by atomic mass is 32.1. The molecule has 40 heavy (non-hydrogen) atoms. The van der Waals surface area contributed by atoms with Crippen LogP contribution in [-0.2, 0) is 6.42 Å². The Balaban J connectivity index is 1.93. The topological polar surface area (TPSA) is 72.5 Å². The average molecular weight is 571 g/mol. The molecule has 0 saturated heterocycles. The van der Waals surface area contributed by atoms with Crippen molar-refractivity contribution in [1.82, 2.24) is 9.71 Å². The van der Waals surface area contributed by atoms with Crippen molar-refractivity contribution in [2.75, 3.05) is 13.7 Å². The zero-order chi connectivity index (χ0) is 28.9. The SMILES string of the molecule is COc1ccnc(C(C)C2(Cc3cc(F)c(F)c(F)c3)CC(=CN)C(=Nc3ccc(F)cc3)C=C2CCNS)c1. The fraction of sp³-hybridized carbons (Fsp3) is 0.267. The van der Waals surface area contributed by atoms with E-state index in [1.807, 2.05) is 19.1 Å². The van der Waals surface area contributed by atoms with Crippen molar-refractivity contribution in [3.8, 4) is 5.75 Å². The first-order chi connectivity index (χ1) is 19.2. The first kappa shape index (κ1) is 29.4. The molecule has 210 valence electrons. The van der Waals surface area contributed by atoms with E-state index in [1.54, 1.807) is 31.5 Å². The van der Waals surface area contributed by atoms with Crippen LogP contribution in [-0.4, -0.2) is 24.4 Å². The van der Waals surface area contributed by atoms with Crippen molar-refractivity contribution in [3.05, 3.63) is 113 Å². The number of pyridine rings is 1. The minimum absolute atomic E-state index is 0.154. The predicted molar refractivity (Wildman–Crippen MR) is 152 cm³/mol. The number of halogens is 4. The number of hydrogen-bond donors (Lipinski definition) is 3. The number of nitrogens with two attached hydrogens (primary N) is 1. The van der Waals surface area contributed by atoms with Gasteiger partial charge in [0.1, 0.15) is 11.6 Å². The molecule has 0 aliphatic heterocycles. The molecule has 2 aromatic carbocycles. The molecule has 5 nitrogen and oxygen atoms in total. The van der Waals surface area contributed by atoms with Crippen LogP contribution in [0, 0.1) is 28.7 Å². The molecule has 2 atom stereocenters. The molecule has 10 heteroatoms. The summed E-state index contributed by atoms with van der Waals surface area (Å²) >= 11 is 4.17. The summed E-state index contributed by atoms with van der Waals surface area (Å²) < 4.78 is 64.4. The fourth-order valence-corrected chi connectivity index (χ4v) is 5.38. The summed E-state index contributed by atoms with van der Waals surface area (Å²) in [5.41, 5.74) is 9.02. The molecule has 0 spiro atoms. The molecular weight excluding hydrogens is 540 g/mol. The van der Waals surface area contributed by atoms with Crippen LogP contribution in [0.15, 0.2) is 83.1 Å². The monoisotopic (exact) mass is 570 g/mol. The lowest BCUT2D eigenvalue weighted by molar-refractivity contribution is 0.272. The summed E-state index contributed by atoms with van der Waals surface area (Å²) in [7, 11) is 1.56. The second-order valence-electron chi connectivity index (χ2n) is 9.72. The lowest BCUT2D eigenvalue weighted by Crippen LogP contribution is -2.38. The van der Waals surface area contributed by atoms with E-state index in [0.29, 0.717) is 47.8 Å². The molecule has 3 aromatic rings. The average Bonchev–Trinajstić information content (AvgIpc) is 2.96. The van der Waals surface area contributed by atoms with Crippen molar-refractivity contribution in [2.45, 2.75) is 32.1 Å². The Morgan fingerprint density at radius 3 is 2.45 bits per heavy atom. The Labute approximate surface area is 236 Å². The highest BCUT2D eigenvalue weighted by Crippen LogP contribution is 2.52. The van der Waals surface area contributed by atoms with Gasteiger partial charge in [0.15, 0.2) is 17.5 Å². The molecule has 0 amide bonds. The lowest BCUT2D eigenvalue weighted by Gasteiger charge is -2.45. The van der Waals surface area contributed by atoms with E-state index in [9.17, 15) is 17.6 Å². The molecule has 1 aliphatic carbocycles. The third-order valence-corrected chi connectivity index (χ3v) is 7.62. The number of benzene rings is 2. The number of ether oxygens (including phenoxy) is 1. The van der Waals surface area contributed by atoms with Gasteiger partial charge in [-0.1, -0.05) is 25.3 Å². The summed E-state index contributed by atoms with van der Waals surface area (Å²) in [5.74, 6) is -4.12. The normalized spacial score (nSPS) is 20.0. The van der Waals surface area contributed by atoms with Crippen LogP contribution in [0.5, 0.6) is 5.75 Å². The van der Waals surface area contributed by atoms with Crippen LogP contribution in [0.25, 0.3) is 0 Å². The second-order valence-corrected chi connectivity index (χ2v) is 10.0. The second kappa shape index (κ2) is 12.7. The summed E-state index contributed by atoms with van der Waals surface area (Å²) in [4.78, 5) is 9.32. The van der Waals surface area contributed by atoms with Gasteiger partial charge in [-0.2, -0.15) is 0 Å². The van der Waals surface area contributed by atoms with Crippen molar-refractivity contribution in [1.29, 1.82) is 0 Å². The number of nitrogens with zero attached hydrogens (tertiary/aromatic N) is 2. The summed E-state index contributed by atoms with van der Waals surface area (Å²) in [5, 5.41) is 0. The van der Waals surface area contributed by atoms with E-state index < -0.39 is 22.9 Å². The Morgan fingerprint density at radius 2 is 1.82 bits per heavy atom. The number of allylic oxidation sites excluding steroid dienone is 2. The van der Waals surface area contributed by atoms with E-state index in [4.69, 9.17) is 15.5 Å². The van der Waals surface area contributed by atoms with Gasteiger partial charge in [-0.25, -0.2) is 22.6 Å². The maximum Gasteiger partial charge on any atom is 0.194 e. The molecule has 0 bridgehead atoms. The van der Waals surface area contributed by atoms with Crippen LogP contribution >= 0.6 is 12.8 Å². The molecule has 1 aromatic heterocycles. The summed E-state index contributed by atoms with van der Waals surface area (Å²) in [6.07, 6.45) is 5.99. The number of thiol groups is 1. The quantitative estimate of drug-likeness (QED) is 0.151. The van der Waals surface area contributed by atoms with Crippen LogP contribution in [0.2, 0.25) is 0 Å².